The van der Waals surface area contributed by atoms with Gasteiger partial charge in [0.2, 0.25) is 5.91 Å². The van der Waals surface area contributed by atoms with Crippen LogP contribution in [0.15, 0.2) is 0 Å². The number of amides is 1. The minimum absolute atomic E-state index is 0.276. The molecular weight excluding hydrogens is 250 g/mol. The highest BCUT2D eigenvalue weighted by Crippen LogP contribution is 2.27. The summed E-state index contributed by atoms with van der Waals surface area (Å²) in [6, 6.07) is -0.735. The van der Waals surface area contributed by atoms with E-state index < -0.39 is 12.0 Å². The third-order valence-corrected chi connectivity index (χ3v) is 4.65. The van der Waals surface area contributed by atoms with E-state index in [1.807, 2.05) is 11.8 Å². The van der Waals surface area contributed by atoms with Crippen molar-refractivity contribution >= 4 is 23.6 Å². The van der Waals surface area contributed by atoms with Crippen molar-refractivity contribution in [2.45, 2.75) is 63.2 Å². The molecule has 0 aromatic carbocycles. The van der Waals surface area contributed by atoms with E-state index in [1.54, 1.807) is 0 Å². The fourth-order valence-electron chi connectivity index (χ4n) is 2.26. The smallest absolute Gasteiger partial charge is 0.326 e. The van der Waals surface area contributed by atoms with Crippen molar-refractivity contribution in [3.05, 3.63) is 0 Å². The van der Waals surface area contributed by atoms with Crippen molar-refractivity contribution in [3.63, 3.8) is 0 Å². The number of thioether (sulfide) groups is 1. The first kappa shape index (κ1) is 15.3. The van der Waals surface area contributed by atoms with Crippen LogP contribution in [0, 0.1) is 0 Å². The van der Waals surface area contributed by atoms with Gasteiger partial charge in [0.05, 0.1) is 0 Å². The normalized spacial score (nSPS) is 18.9. The largest absolute Gasteiger partial charge is 0.480 e. The summed E-state index contributed by atoms with van der Waals surface area (Å²) in [6.07, 6.45) is 8.28. The second kappa shape index (κ2) is 8.40. The van der Waals surface area contributed by atoms with Gasteiger partial charge in [0.1, 0.15) is 6.04 Å². The SMILES string of the molecule is CC(=O)NC(CCSC1CCCCCC1)C(=O)O. The Hall–Kier alpha value is -0.710. The maximum atomic E-state index is 10.9. The van der Waals surface area contributed by atoms with Crippen LogP contribution in [0.4, 0.5) is 0 Å². The summed E-state index contributed by atoms with van der Waals surface area (Å²) in [5.41, 5.74) is 0. The molecule has 0 aliphatic heterocycles. The average Bonchev–Trinajstić information content (AvgIpc) is 2.55. The molecule has 0 spiro atoms. The van der Waals surface area contributed by atoms with Gasteiger partial charge in [-0.25, -0.2) is 4.79 Å². The number of nitrogens with one attached hydrogen (secondary N) is 1. The lowest BCUT2D eigenvalue weighted by atomic mass is 10.2. The van der Waals surface area contributed by atoms with Crippen LogP contribution in [0.1, 0.15) is 51.9 Å². The molecule has 0 aromatic heterocycles. The van der Waals surface area contributed by atoms with E-state index in [2.05, 4.69) is 5.32 Å². The van der Waals surface area contributed by atoms with Crippen LogP contribution in [-0.2, 0) is 9.59 Å². The van der Waals surface area contributed by atoms with E-state index >= 15 is 0 Å². The Morgan fingerprint density at radius 3 is 2.39 bits per heavy atom. The topological polar surface area (TPSA) is 66.4 Å². The summed E-state index contributed by atoms with van der Waals surface area (Å²) in [5.74, 6) is -0.407. The van der Waals surface area contributed by atoms with Gasteiger partial charge in [-0.1, -0.05) is 25.7 Å². The monoisotopic (exact) mass is 273 g/mol. The lowest BCUT2D eigenvalue weighted by molar-refractivity contribution is -0.141. The zero-order valence-electron chi connectivity index (χ0n) is 11.0. The van der Waals surface area contributed by atoms with Gasteiger partial charge in [0.25, 0.3) is 0 Å². The maximum absolute atomic E-state index is 10.9. The van der Waals surface area contributed by atoms with Crippen LogP contribution in [0.3, 0.4) is 0 Å². The maximum Gasteiger partial charge on any atom is 0.326 e. The van der Waals surface area contributed by atoms with E-state index in [1.165, 1.54) is 45.4 Å². The molecule has 1 rings (SSSR count). The number of rotatable bonds is 6. The summed E-state index contributed by atoms with van der Waals surface area (Å²) in [4.78, 5) is 21.8. The molecule has 0 saturated heterocycles. The Morgan fingerprint density at radius 2 is 1.89 bits per heavy atom. The predicted octanol–water partition coefficient (Wildman–Crippen LogP) is 2.42. The Kier molecular flexibility index (Phi) is 7.16. The highest BCUT2D eigenvalue weighted by atomic mass is 32.2. The predicted molar refractivity (Wildman–Crippen MR) is 73.8 cm³/mol. The molecule has 1 atom stereocenters. The molecule has 4 nitrogen and oxygen atoms in total. The molecule has 18 heavy (non-hydrogen) atoms. The van der Waals surface area contributed by atoms with E-state index in [0.717, 1.165) is 5.75 Å². The molecule has 104 valence electrons. The van der Waals surface area contributed by atoms with Gasteiger partial charge in [0.15, 0.2) is 0 Å². The van der Waals surface area contributed by atoms with Crippen molar-refractivity contribution in [2.75, 3.05) is 5.75 Å². The van der Waals surface area contributed by atoms with Crippen molar-refractivity contribution in [2.24, 2.45) is 0 Å². The molecule has 2 N–H and O–H groups in total. The molecule has 1 fully saturated rings. The number of carboxylic acid groups (broad SMARTS) is 1. The van der Waals surface area contributed by atoms with Crippen molar-refractivity contribution in [1.82, 2.24) is 5.32 Å². The van der Waals surface area contributed by atoms with E-state index in [-0.39, 0.29) is 5.91 Å². The zero-order chi connectivity index (χ0) is 13.4. The Bertz CT molecular complexity index is 275. The Labute approximate surface area is 113 Å². The number of hydrogen-bond donors (Lipinski definition) is 2. The Balaban J connectivity index is 2.24. The molecule has 0 radical (unpaired) electrons. The summed E-state index contributed by atoms with van der Waals surface area (Å²) in [5, 5.41) is 12.1. The van der Waals surface area contributed by atoms with Crippen LogP contribution >= 0.6 is 11.8 Å². The highest BCUT2D eigenvalue weighted by Gasteiger charge is 2.19. The van der Waals surface area contributed by atoms with Gasteiger partial charge in [-0.05, 0) is 25.0 Å². The first-order chi connectivity index (χ1) is 8.59. The molecule has 1 unspecified atom stereocenters. The number of carbonyl (C=O) groups is 2. The molecular formula is C13H23NO3S. The summed E-state index contributed by atoms with van der Waals surface area (Å²) >= 11 is 1.87. The fourth-order valence-corrected chi connectivity index (χ4v) is 3.64. The van der Waals surface area contributed by atoms with Gasteiger partial charge >= 0.3 is 5.97 Å². The number of carboxylic acids is 1. The van der Waals surface area contributed by atoms with Crippen molar-refractivity contribution in [1.29, 1.82) is 0 Å². The standard InChI is InChI=1S/C13H23NO3S/c1-10(15)14-12(13(16)17)8-9-18-11-6-4-2-3-5-7-11/h11-12H,2-9H2,1H3,(H,14,15)(H,16,17). The molecule has 1 amide bonds. The van der Waals surface area contributed by atoms with Crippen LogP contribution in [0.25, 0.3) is 0 Å². The van der Waals surface area contributed by atoms with Gasteiger partial charge < -0.3 is 10.4 Å². The third kappa shape index (κ3) is 6.28. The molecule has 1 saturated carbocycles. The Morgan fingerprint density at radius 1 is 1.28 bits per heavy atom. The van der Waals surface area contributed by atoms with E-state index in [0.29, 0.717) is 11.7 Å². The quantitative estimate of drug-likeness (QED) is 0.729. The highest BCUT2D eigenvalue weighted by molar-refractivity contribution is 7.99. The van der Waals surface area contributed by atoms with Crippen LogP contribution in [-0.4, -0.2) is 34.0 Å². The van der Waals surface area contributed by atoms with Crippen LogP contribution in [0.5, 0.6) is 0 Å². The molecule has 1 aliphatic carbocycles. The molecule has 5 heteroatoms. The third-order valence-electron chi connectivity index (χ3n) is 3.24. The molecule has 0 heterocycles. The first-order valence-electron chi connectivity index (χ1n) is 6.71. The van der Waals surface area contributed by atoms with Crippen molar-refractivity contribution < 1.29 is 14.7 Å². The molecule has 0 aromatic rings. The lowest BCUT2D eigenvalue weighted by Gasteiger charge is -2.16. The molecule has 0 bridgehead atoms. The van der Waals surface area contributed by atoms with Gasteiger partial charge in [-0.15, -0.1) is 0 Å². The summed E-state index contributed by atoms with van der Waals surface area (Å²) in [7, 11) is 0. The van der Waals surface area contributed by atoms with Crippen molar-refractivity contribution in [3.8, 4) is 0 Å². The minimum atomic E-state index is -0.938. The first-order valence-corrected chi connectivity index (χ1v) is 7.76. The summed E-state index contributed by atoms with van der Waals surface area (Å²) < 4.78 is 0. The van der Waals surface area contributed by atoms with Crippen LogP contribution in [0.2, 0.25) is 0 Å². The van der Waals surface area contributed by atoms with E-state index in [9.17, 15) is 9.59 Å². The number of aliphatic carboxylic acids is 1. The second-order valence-electron chi connectivity index (χ2n) is 4.86. The van der Waals surface area contributed by atoms with E-state index in [4.69, 9.17) is 5.11 Å². The summed E-state index contributed by atoms with van der Waals surface area (Å²) in [6.45, 7) is 1.36. The van der Waals surface area contributed by atoms with Gasteiger partial charge in [-0.2, -0.15) is 11.8 Å². The fraction of sp³-hybridized carbons (Fsp3) is 0.846. The molecule has 1 aliphatic rings. The number of carbonyl (C=O) groups excluding carboxylic acids is 1. The minimum Gasteiger partial charge on any atom is -0.480 e. The zero-order valence-corrected chi connectivity index (χ0v) is 11.8. The lowest BCUT2D eigenvalue weighted by Crippen LogP contribution is -2.40. The van der Waals surface area contributed by atoms with Gasteiger partial charge in [0, 0.05) is 12.2 Å². The van der Waals surface area contributed by atoms with Crippen LogP contribution < -0.4 is 5.32 Å². The second-order valence-corrected chi connectivity index (χ2v) is 6.27. The van der Waals surface area contributed by atoms with Gasteiger partial charge in [-0.3, -0.25) is 4.79 Å². The average molecular weight is 273 g/mol. The number of hydrogen-bond acceptors (Lipinski definition) is 3.